The maximum Gasteiger partial charge on any atom is 0.223 e. The summed E-state index contributed by atoms with van der Waals surface area (Å²) in [6, 6.07) is 0. The standard InChI is InChI=1S/C7H13BN2OS/c8-10-4-2-9(3-5-10)7(11)1-6-12/h12H,1-6H2. The average molecular weight is 184 g/mol. The molecule has 1 saturated heterocycles. The maximum atomic E-state index is 11.3. The van der Waals surface area contributed by atoms with Crippen molar-refractivity contribution in [2.75, 3.05) is 31.9 Å². The van der Waals surface area contributed by atoms with Gasteiger partial charge in [0.15, 0.2) is 7.98 Å². The molecule has 0 aromatic carbocycles. The highest BCUT2D eigenvalue weighted by atomic mass is 32.1. The Bertz CT molecular complexity index is 159. The molecule has 3 nitrogen and oxygen atoms in total. The maximum absolute atomic E-state index is 11.3. The number of carbonyl (C=O) groups excluding carboxylic acids is 1. The summed E-state index contributed by atoms with van der Waals surface area (Å²) in [4.78, 5) is 14.9. The summed E-state index contributed by atoms with van der Waals surface area (Å²) in [6.45, 7) is 3.06. The minimum Gasteiger partial charge on any atom is -0.351 e. The SMILES string of the molecule is [B]N1CCN(C(=O)CCS)CC1. The fourth-order valence-electron chi connectivity index (χ4n) is 1.23. The number of carbonyl (C=O) groups is 1. The van der Waals surface area contributed by atoms with Crippen molar-refractivity contribution in [1.82, 2.24) is 9.71 Å². The number of hydrogen-bond donors (Lipinski definition) is 1. The molecule has 1 rings (SSSR count). The van der Waals surface area contributed by atoms with E-state index in [1.54, 1.807) is 4.81 Å². The van der Waals surface area contributed by atoms with Crippen LogP contribution in [0, 0.1) is 0 Å². The lowest BCUT2D eigenvalue weighted by atomic mass is 10.2. The fourth-order valence-corrected chi connectivity index (χ4v) is 1.42. The first-order valence-corrected chi connectivity index (χ1v) is 4.75. The van der Waals surface area contributed by atoms with Crippen LogP contribution in [0.1, 0.15) is 6.42 Å². The van der Waals surface area contributed by atoms with Gasteiger partial charge in [0.25, 0.3) is 0 Å². The zero-order chi connectivity index (χ0) is 8.97. The molecular weight excluding hydrogens is 171 g/mol. The largest absolute Gasteiger partial charge is 0.351 e. The van der Waals surface area contributed by atoms with Crippen molar-refractivity contribution in [1.29, 1.82) is 0 Å². The van der Waals surface area contributed by atoms with Gasteiger partial charge in [-0.1, -0.05) is 0 Å². The second-order valence-electron chi connectivity index (χ2n) is 2.89. The molecule has 1 aliphatic heterocycles. The highest BCUT2D eigenvalue weighted by Crippen LogP contribution is 2.01. The van der Waals surface area contributed by atoms with Crippen LogP contribution in [-0.4, -0.2) is 55.5 Å². The molecule has 1 fully saturated rings. The van der Waals surface area contributed by atoms with Crippen molar-refractivity contribution in [2.24, 2.45) is 0 Å². The van der Waals surface area contributed by atoms with Crippen LogP contribution in [-0.2, 0) is 4.79 Å². The van der Waals surface area contributed by atoms with Crippen LogP contribution in [0.3, 0.4) is 0 Å². The van der Waals surface area contributed by atoms with Gasteiger partial charge in [-0.05, 0) is 5.75 Å². The first-order chi connectivity index (χ1) is 5.74. The van der Waals surface area contributed by atoms with E-state index in [2.05, 4.69) is 12.6 Å². The van der Waals surface area contributed by atoms with Crippen LogP contribution in [0.25, 0.3) is 0 Å². The van der Waals surface area contributed by atoms with Gasteiger partial charge in [-0.2, -0.15) is 12.6 Å². The van der Waals surface area contributed by atoms with Crippen LogP contribution in [0.5, 0.6) is 0 Å². The Morgan fingerprint density at radius 1 is 1.33 bits per heavy atom. The van der Waals surface area contributed by atoms with E-state index in [4.69, 9.17) is 7.98 Å². The number of hydrogen-bond acceptors (Lipinski definition) is 3. The zero-order valence-corrected chi connectivity index (χ0v) is 7.96. The van der Waals surface area contributed by atoms with E-state index in [1.165, 1.54) is 0 Å². The van der Waals surface area contributed by atoms with Crippen molar-refractivity contribution < 1.29 is 4.79 Å². The van der Waals surface area contributed by atoms with E-state index in [0.717, 1.165) is 26.2 Å². The lowest BCUT2D eigenvalue weighted by Crippen LogP contribution is -2.47. The quantitative estimate of drug-likeness (QED) is 0.463. The molecule has 66 valence electrons. The monoisotopic (exact) mass is 184 g/mol. The third-order valence-electron chi connectivity index (χ3n) is 1.99. The number of nitrogens with zero attached hydrogens (tertiary/aromatic N) is 2. The molecule has 0 bridgehead atoms. The summed E-state index contributed by atoms with van der Waals surface area (Å²) in [6.07, 6.45) is 0.535. The Kier molecular flexibility index (Phi) is 3.95. The third-order valence-corrected chi connectivity index (χ3v) is 2.22. The van der Waals surface area contributed by atoms with Crippen molar-refractivity contribution in [3.63, 3.8) is 0 Å². The molecule has 0 N–H and O–H groups in total. The van der Waals surface area contributed by atoms with Gasteiger partial charge in [0.1, 0.15) is 0 Å². The van der Waals surface area contributed by atoms with Gasteiger partial charge < -0.3 is 9.71 Å². The molecule has 5 heteroatoms. The molecule has 12 heavy (non-hydrogen) atoms. The van der Waals surface area contributed by atoms with Gasteiger partial charge in [0.05, 0.1) is 0 Å². The molecule has 0 atom stereocenters. The summed E-state index contributed by atoms with van der Waals surface area (Å²) >= 11 is 4.01. The van der Waals surface area contributed by atoms with E-state index in [9.17, 15) is 4.79 Å². The normalized spacial score (nSPS) is 19.6. The molecule has 1 amide bonds. The second kappa shape index (κ2) is 4.77. The first kappa shape index (κ1) is 9.93. The van der Waals surface area contributed by atoms with E-state index in [-0.39, 0.29) is 5.91 Å². The highest BCUT2D eigenvalue weighted by Gasteiger charge is 2.17. The van der Waals surface area contributed by atoms with E-state index < -0.39 is 0 Å². The Labute approximate surface area is 79.9 Å². The Hall–Kier alpha value is -0.155. The minimum absolute atomic E-state index is 0.193. The van der Waals surface area contributed by atoms with Crippen molar-refractivity contribution >= 4 is 26.5 Å². The van der Waals surface area contributed by atoms with Gasteiger partial charge in [-0.15, -0.1) is 0 Å². The summed E-state index contributed by atoms with van der Waals surface area (Å²) < 4.78 is 0. The minimum atomic E-state index is 0.193. The molecule has 1 aliphatic rings. The summed E-state index contributed by atoms with van der Waals surface area (Å²) in [5.41, 5.74) is 0. The van der Waals surface area contributed by atoms with Crippen molar-refractivity contribution in [3.05, 3.63) is 0 Å². The van der Waals surface area contributed by atoms with E-state index >= 15 is 0 Å². The van der Waals surface area contributed by atoms with Gasteiger partial charge in [0, 0.05) is 32.6 Å². The molecule has 0 aromatic heterocycles. The molecular formula is C7H13BN2OS. The Morgan fingerprint density at radius 2 is 1.92 bits per heavy atom. The van der Waals surface area contributed by atoms with Crippen molar-refractivity contribution in [3.8, 4) is 0 Å². The van der Waals surface area contributed by atoms with Gasteiger partial charge in [-0.3, -0.25) is 4.79 Å². The first-order valence-electron chi connectivity index (χ1n) is 4.12. The number of thiol groups is 1. The van der Waals surface area contributed by atoms with E-state index in [1.807, 2.05) is 4.90 Å². The molecule has 0 aliphatic carbocycles. The Balaban J connectivity index is 2.29. The Morgan fingerprint density at radius 3 is 2.42 bits per heavy atom. The van der Waals surface area contributed by atoms with Crippen molar-refractivity contribution in [2.45, 2.75) is 6.42 Å². The summed E-state index contributed by atoms with van der Waals surface area (Å²) in [7, 11) is 5.55. The van der Waals surface area contributed by atoms with E-state index in [0.29, 0.717) is 12.2 Å². The zero-order valence-electron chi connectivity index (χ0n) is 7.07. The van der Waals surface area contributed by atoms with Gasteiger partial charge >= 0.3 is 0 Å². The number of amides is 1. The van der Waals surface area contributed by atoms with Gasteiger partial charge in [0.2, 0.25) is 5.91 Å². The molecule has 0 unspecified atom stereocenters. The van der Waals surface area contributed by atoms with Crippen LogP contribution in [0.4, 0.5) is 0 Å². The lowest BCUT2D eigenvalue weighted by Gasteiger charge is -2.32. The number of piperazine rings is 1. The lowest BCUT2D eigenvalue weighted by molar-refractivity contribution is -0.131. The topological polar surface area (TPSA) is 23.6 Å². The molecule has 0 spiro atoms. The smallest absolute Gasteiger partial charge is 0.223 e. The summed E-state index contributed by atoms with van der Waals surface area (Å²) in [5.74, 6) is 0.819. The summed E-state index contributed by atoms with van der Waals surface area (Å²) in [5, 5.41) is 0. The second-order valence-corrected chi connectivity index (χ2v) is 3.34. The van der Waals surface area contributed by atoms with Crippen LogP contribution >= 0.6 is 12.6 Å². The predicted octanol–water partition coefficient (Wildman–Crippen LogP) is -0.466. The average Bonchev–Trinajstić information content (AvgIpc) is 2.06. The molecule has 0 saturated carbocycles. The van der Waals surface area contributed by atoms with Crippen LogP contribution in [0.2, 0.25) is 0 Å². The fraction of sp³-hybridized carbons (Fsp3) is 0.857. The highest BCUT2D eigenvalue weighted by molar-refractivity contribution is 7.80. The third kappa shape index (κ3) is 2.71. The van der Waals surface area contributed by atoms with Crippen LogP contribution < -0.4 is 0 Å². The van der Waals surface area contributed by atoms with Gasteiger partial charge in [-0.25, -0.2) is 0 Å². The molecule has 2 radical (unpaired) electrons. The predicted molar refractivity (Wildman–Crippen MR) is 52.4 cm³/mol. The van der Waals surface area contributed by atoms with Crippen LogP contribution in [0.15, 0.2) is 0 Å². The molecule has 1 heterocycles. The number of rotatable bonds is 2. The molecule has 0 aromatic rings.